The Labute approximate surface area is 164 Å². The van der Waals surface area contributed by atoms with Crippen LogP contribution in [0, 0.1) is 17.7 Å². The van der Waals surface area contributed by atoms with Gasteiger partial charge in [-0.15, -0.1) is 0 Å². The van der Waals surface area contributed by atoms with Crippen LogP contribution in [-0.2, 0) is 0 Å². The number of hydrogen-bond donors (Lipinski definition) is 0. The Hall–Kier alpha value is -1.83. The van der Waals surface area contributed by atoms with Crippen LogP contribution in [0.15, 0.2) is 48.5 Å². The number of unbranched alkanes of at least 4 members (excludes halogenated alkanes) is 1. The summed E-state index contributed by atoms with van der Waals surface area (Å²) in [5.41, 5.74) is 2.11. The van der Waals surface area contributed by atoms with E-state index in [1.807, 2.05) is 36.4 Å². The zero-order chi connectivity index (χ0) is 18.9. The van der Waals surface area contributed by atoms with Crippen molar-refractivity contribution in [1.29, 1.82) is 0 Å². The second-order valence-corrected chi connectivity index (χ2v) is 7.97. The molecule has 0 aliphatic heterocycles. The summed E-state index contributed by atoms with van der Waals surface area (Å²) in [6.45, 7) is 3.10. The third-order valence-corrected chi connectivity index (χ3v) is 6.01. The summed E-state index contributed by atoms with van der Waals surface area (Å²) in [6.07, 6.45) is 12.3. The molecule has 2 aromatic carbocycles. The van der Waals surface area contributed by atoms with E-state index in [1.54, 1.807) is 0 Å². The first kappa shape index (κ1) is 19.9. The Morgan fingerprint density at radius 1 is 0.815 bits per heavy atom. The summed E-state index contributed by atoms with van der Waals surface area (Å²) in [5, 5.41) is 0. The summed E-state index contributed by atoms with van der Waals surface area (Å²) in [5.74, 6) is 2.59. The van der Waals surface area contributed by atoms with Crippen molar-refractivity contribution in [3.05, 3.63) is 54.3 Å². The van der Waals surface area contributed by atoms with E-state index >= 15 is 0 Å². The topological polar surface area (TPSA) is 9.23 Å². The van der Waals surface area contributed by atoms with E-state index in [1.165, 1.54) is 63.5 Å². The molecule has 0 spiro atoms. The largest absolute Gasteiger partial charge is 0.494 e. The van der Waals surface area contributed by atoms with Crippen molar-refractivity contribution in [1.82, 2.24) is 0 Å². The number of ether oxygens (including phenoxy) is 1. The van der Waals surface area contributed by atoms with Crippen LogP contribution in [0.5, 0.6) is 5.75 Å². The normalized spacial score (nSPS) is 19.8. The lowest BCUT2D eigenvalue weighted by Gasteiger charge is -2.31. The van der Waals surface area contributed by atoms with Gasteiger partial charge >= 0.3 is 0 Å². The standard InChI is InChI=1S/C25H33FO/c1-2-3-7-20-8-4-5-9-21(20)10-6-19-27-25-17-13-23(14-18-25)22-11-15-24(26)16-12-22/h11-18,20-21H,2-10,19H2,1H3. The van der Waals surface area contributed by atoms with Crippen molar-refractivity contribution in [2.75, 3.05) is 6.61 Å². The van der Waals surface area contributed by atoms with E-state index in [9.17, 15) is 4.39 Å². The maximum absolute atomic E-state index is 13.0. The first-order chi connectivity index (χ1) is 13.3. The first-order valence-corrected chi connectivity index (χ1v) is 10.7. The van der Waals surface area contributed by atoms with Gasteiger partial charge in [-0.3, -0.25) is 0 Å². The van der Waals surface area contributed by atoms with Gasteiger partial charge in [0.2, 0.25) is 0 Å². The molecule has 0 radical (unpaired) electrons. The van der Waals surface area contributed by atoms with Crippen molar-refractivity contribution in [3.8, 4) is 16.9 Å². The van der Waals surface area contributed by atoms with Crippen molar-refractivity contribution in [2.45, 2.75) is 64.7 Å². The van der Waals surface area contributed by atoms with E-state index in [0.717, 1.165) is 41.7 Å². The fourth-order valence-corrected chi connectivity index (χ4v) is 4.43. The SMILES string of the molecule is CCCCC1CCCCC1CCCOc1ccc(-c2ccc(F)cc2)cc1. The Morgan fingerprint density at radius 2 is 1.37 bits per heavy atom. The van der Waals surface area contributed by atoms with Gasteiger partial charge in [-0.25, -0.2) is 4.39 Å². The van der Waals surface area contributed by atoms with Crippen molar-refractivity contribution >= 4 is 0 Å². The highest BCUT2D eigenvalue weighted by atomic mass is 19.1. The van der Waals surface area contributed by atoms with Gasteiger partial charge in [0.25, 0.3) is 0 Å². The lowest BCUT2D eigenvalue weighted by Crippen LogP contribution is -2.20. The minimum atomic E-state index is -0.200. The highest BCUT2D eigenvalue weighted by Crippen LogP contribution is 2.36. The van der Waals surface area contributed by atoms with Crippen LogP contribution in [0.25, 0.3) is 11.1 Å². The van der Waals surface area contributed by atoms with Crippen LogP contribution < -0.4 is 4.74 Å². The molecule has 1 nitrogen and oxygen atoms in total. The molecule has 146 valence electrons. The molecule has 0 aromatic heterocycles. The molecule has 3 rings (SSSR count). The number of hydrogen-bond acceptors (Lipinski definition) is 1. The van der Waals surface area contributed by atoms with Crippen LogP contribution in [0.4, 0.5) is 4.39 Å². The minimum Gasteiger partial charge on any atom is -0.494 e. The number of rotatable bonds is 9. The maximum atomic E-state index is 13.0. The lowest BCUT2D eigenvalue weighted by molar-refractivity contribution is 0.191. The quantitative estimate of drug-likeness (QED) is 0.413. The average molecular weight is 369 g/mol. The maximum Gasteiger partial charge on any atom is 0.123 e. The summed E-state index contributed by atoms with van der Waals surface area (Å²) < 4.78 is 19.0. The molecule has 2 unspecified atom stereocenters. The van der Waals surface area contributed by atoms with E-state index in [2.05, 4.69) is 6.92 Å². The van der Waals surface area contributed by atoms with E-state index < -0.39 is 0 Å². The predicted octanol–water partition coefficient (Wildman–Crippen LogP) is 7.65. The van der Waals surface area contributed by atoms with Gasteiger partial charge in [-0.1, -0.05) is 76.1 Å². The highest BCUT2D eigenvalue weighted by molar-refractivity contribution is 5.63. The zero-order valence-electron chi connectivity index (χ0n) is 16.6. The summed E-state index contributed by atoms with van der Waals surface area (Å²) in [7, 11) is 0. The molecular weight excluding hydrogens is 335 g/mol. The molecule has 1 aliphatic rings. The number of halogens is 1. The molecule has 0 heterocycles. The Balaban J connectivity index is 1.43. The Kier molecular flexibility index (Phi) is 7.74. The third kappa shape index (κ3) is 6.09. The van der Waals surface area contributed by atoms with Crippen molar-refractivity contribution < 1.29 is 9.13 Å². The van der Waals surface area contributed by atoms with Gasteiger partial charge < -0.3 is 4.74 Å². The van der Waals surface area contributed by atoms with E-state index in [-0.39, 0.29) is 5.82 Å². The van der Waals surface area contributed by atoms with Gasteiger partial charge in [0.05, 0.1) is 6.61 Å². The predicted molar refractivity (Wildman–Crippen MR) is 112 cm³/mol. The molecule has 0 amide bonds. The van der Waals surface area contributed by atoms with Gasteiger partial charge in [0.1, 0.15) is 11.6 Å². The molecule has 2 heteroatoms. The second kappa shape index (κ2) is 10.5. The van der Waals surface area contributed by atoms with Gasteiger partial charge in [0, 0.05) is 0 Å². The molecule has 0 saturated heterocycles. The zero-order valence-corrected chi connectivity index (χ0v) is 16.6. The Morgan fingerprint density at radius 3 is 1.96 bits per heavy atom. The van der Waals surface area contributed by atoms with Crippen molar-refractivity contribution in [2.24, 2.45) is 11.8 Å². The molecule has 1 aliphatic carbocycles. The van der Waals surface area contributed by atoms with Crippen LogP contribution in [0.3, 0.4) is 0 Å². The van der Waals surface area contributed by atoms with Crippen LogP contribution in [0.2, 0.25) is 0 Å². The third-order valence-electron chi connectivity index (χ3n) is 6.01. The molecule has 0 bridgehead atoms. The van der Waals surface area contributed by atoms with Gasteiger partial charge in [-0.05, 0) is 60.1 Å². The van der Waals surface area contributed by atoms with Crippen LogP contribution in [0.1, 0.15) is 64.7 Å². The molecule has 2 aromatic rings. The summed E-state index contributed by atoms with van der Waals surface area (Å²) in [6, 6.07) is 14.7. The van der Waals surface area contributed by atoms with E-state index in [0.29, 0.717) is 0 Å². The molecule has 27 heavy (non-hydrogen) atoms. The van der Waals surface area contributed by atoms with E-state index in [4.69, 9.17) is 4.74 Å². The van der Waals surface area contributed by atoms with Gasteiger partial charge in [0.15, 0.2) is 0 Å². The molecule has 1 saturated carbocycles. The Bertz CT molecular complexity index is 662. The highest BCUT2D eigenvalue weighted by Gasteiger charge is 2.23. The molecule has 2 atom stereocenters. The molecule has 1 fully saturated rings. The second-order valence-electron chi connectivity index (χ2n) is 7.97. The summed E-state index contributed by atoms with van der Waals surface area (Å²) >= 11 is 0. The van der Waals surface area contributed by atoms with Crippen LogP contribution in [-0.4, -0.2) is 6.61 Å². The smallest absolute Gasteiger partial charge is 0.123 e. The molecular formula is C25H33FO. The van der Waals surface area contributed by atoms with Crippen LogP contribution >= 0.6 is 0 Å². The lowest BCUT2D eigenvalue weighted by atomic mass is 9.75. The minimum absolute atomic E-state index is 0.200. The molecule has 0 N–H and O–H groups in total. The fourth-order valence-electron chi connectivity index (χ4n) is 4.43. The monoisotopic (exact) mass is 368 g/mol. The van der Waals surface area contributed by atoms with Gasteiger partial charge in [-0.2, -0.15) is 0 Å². The summed E-state index contributed by atoms with van der Waals surface area (Å²) in [4.78, 5) is 0. The number of benzene rings is 2. The van der Waals surface area contributed by atoms with Crippen molar-refractivity contribution in [3.63, 3.8) is 0 Å². The fraction of sp³-hybridized carbons (Fsp3) is 0.520. The average Bonchev–Trinajstić information content (AvgIpc) is 2.71. The first-order valence-electron chi connectivity index (χ1n) is 10.7.